The molecule has 0 saturated carbocycles. The van der Waals surface area contributed by atoms with E-state index in [1.54, 1.807) is 12.3 Å². The van der Waals surface area contributed by atoms with Gasteiger partial charge in [-0.3, -0.25) is 14.0 Å². The van der Waals surface area contributed by atoms with Crippen LogP contribution in [0.15, 0.2) is 36.1 Å². The maximum absolute atomic E-state index is 12.2. The zero-order valence-electron chi connectivity index (χ0n) is 13.5. The molecule has 0 saturated heterocycles. The molecule has 0 aliphatic carbocycles. The Morgan fingerprint density at radius 3 is 2.73 bits per heavy atom. The van der Waals surface area contributed by atoms with E-state index in [9.17, 15) is 13.6 Å². The number of thiazole rings is 1. The number of rotatable bonds is 7. The third-order valence-electron chi connectivity index (χ3n) is 3.33. The zero-order valence-corrected chi connectivity index (χ0v) is 16.0. The van der Waals surface area contributed by atoms with Crippen LogP contribution in [0, 0.1) is 6.92 Å². The number of nitrogens with zero attached hydrogens (tertiary/aromatic N) is 3. The van der Waals surface area contributed by atoms with Crippen LogP contribution in [0.1, 0.15) is 37.0 Å². The molecule has 26 heavy (non-hydrogen) atoms. The first-order valence-corrected chi connectivity index (χ1v) is 10.2. The molecule has 0 bridgehead atoms. The minimum atomic E-state index is -2.46. The minimum Gasteiger partial charge on any atom is -0.760 e. The Labute approximate surface area is 160 Å². The van der Waals surface area contributed by atoms with E-state index in [0.29, 0.717) is 12.2 Å². The van der Waals surface area contributed by atoms with Crippen LogP contribution >= 0.6 is 22.7 Å². The number of carbonyl (C=O) groups is 1. The average Bonchev–Trinajstić information content (AvgIpc) is 3.29. The highest BCUT2D eigenvalue weighted by Crippen LogP contribution is 2.24. The monoisotopic (exact) mass is 408 g/mol. The normalized spacial score (nSPS) is 13.3. The van der Waals surface area contributed by atoms with Gasteiger partial charge in [-0.25, -0.2) is 14.7 Å². The van der Waals surface area contributed by atoms with Gasteiger partial charge in [0.05, 0.1) is 35.7 Å². The molecule has 1 amide bonds. The molecule has 2 atom stereocenters. The Morgan fingerprint density at radius 1 is 1.31 bits per heavy atom. The molecular formula is C15H14N5O3S3-. The fraction of sp³-hybridized carbons (Fsp3) is 0.200. The Balaban J connectivity index is 1.70. The van der Waals surface area contributed by atoms with Crippen molar-refractivity contribution in [2.24, 2.45) is 0 Å². The lowest BCUT2D eigenvalue weighted by molar-refractivity contribution is 0.0946. The summed E-state index contributed by atoms with van der Waals surface area (Å²) in [7, 11) is 0. The first-order chi connectivity index (χ1) is 12.5. The van der Waals surface area contributed by atoms with Crippen LogP contribution in [0.4, 0.5) is 0 Å². The van der Waals surface area contributed by atoms with Crippen molar-refractivity contribution >= 4 is 39.8 Å². The van der Waals surface area contributed by atoms with Gasteiger partial charge in [-0.1, -0.05) is 6.07 Å². The Bertz CT molecular complexity index is 896. The third-order valence-corrected chi connectivity index (χ3v) is 5.61. The predicted octanol–water partition coefficient (Wildman–Crippen LogP) is 1.71. The van der Waals surface area contributed by atoms with Gasteiger partial charge in [0.1, 0.15) is 5.69 Å². The molecular weight excluding hydrogens is 394 g/mol. The number of hydrogen-bond acceptors (Lipinski definition) is 8. The SMILES string of the molecule is Cc1ncc(CNC(=O)c2cnc(C(NS(=O)[O-])c3cccs3)cn2)s1. The second-order valence-electron chi connectivity index (χ2n) is 5.16. The predicted molar refractivity (Wildman–Crippen MR) is 98.3 cm³/mol. The molecule has 2 unspecified atom stereocenters. The van der Waals surface area contributed by atoms with Crippen molar-refractivity contribution in [1.29, 1.82) is 0 Å². The molecule has 0 radical (unpaired) electrons. The Morgan fingerprint density at radius 2 is 2.15 bits per heavy atom. The molecule has 3 rings (SSSR count). The summed E-state index contributed by atoms with van der Waals surface area (Å²) in [6.45, 7) is 2.26. The van der Waals surface area contributed by atoms with Crippen molar-refractivity contribution < 1.29 is 13.6 Å². The lowest BCUT2D eigenvalue weighted by Gasteiger charge is -2.18. The molecule has 3 aromatic heterocycles. The molecule has 136 valence electrons. The molecule has 0 fully saturated rings. The van der Waals surface area contributed by atoms with Crippen LogP contribution in [0.5, 0.6) is 0 Å². The van der Waals surface area contributed by atoms with Gasteiger partial charge in [0.15, 0.2) is 0 Å². The summed E-state index contributed by atoms with van der Waals surface area (Å²) in [5, 5.41) is 5.53. The van der Waals surface area contributed by atoms with E-state index in [4.69, 9.17) is 0 Å². The van der Waals surface area contributed by atoms with Gasteiger partial charge < -0.3 is 9.87 Å². The summed E-state index contributed by atoms with van der Waals surface area (Å²) in [6.07, 6.45) is 4.45. The van der Waals surface area contributed by atoms with Gasteiger partial charge in [0, 0.05) is 27.2 Å². The van der Waals surface area contributed by atoms with Crippen molar-refractivity contribution in [1.82, 2.24) is 25.0 Å². The first kappa shape index (κ1) is 18.7. The van der Waals surface area contributed by atoms with Gasteiger partial charge in [-0.05, 0) is 18.4 Å². The highest BCUT2D eigenvalue weighted by Gasteiger charge is 2.18. The molecule has 11 heteroatoms. The van der Waals surface area contributed by atoms with Crippen LogP contribution in [0.25, 0.3) is 0 Å². The minimum absolute atomic E-state index is 0.156. The smallest absolute Gasteiger partial charge is 0.271 e. The number of hydrogen-bond donors (Lipinski definition) is 2. The number of aryl methyl sites for hydroxylation is 1. The maximum Gasteiger partial charge on any atom is 0.271 e. The number of nitrogens with one attached hydrogen (secondary N) is 2. The summed E-state index contributed by atoms with van der Waals surface area (Å²) < 4.78 is 24.5. The number of carbonyl (C=O) groups excluding carboxylic acids is 1. The van der Waals surface area contributed by atoms with E-state index in [1.807, 2.05) is 18.4 Å². The number of aromatic nitrogens is 3. The molecule has 0 aliphatic rings. The van der Waals surface area contributed by atoms with Crippen molar-refractivity contribution in [2.45, 2.75) is 19.5 Å². The summed E-state index contributed by atoms with van der Waals surface area (Å²) >= 11 is 0.444. The zero-order chi connectivity index (χ0) is 18.5. The lowest BCUT2D eigenvalue weighted by Crippen LogP contribution is -2.26. The van der Waals surface area contributed by atoms with E-state index >= 15 is 0 Å². The topological polar surface area (TPSA) is 120 Å². The van der Waals surface area contributed by atoms with Crippen LogP contribution in [-0.2, 0) is 17.8 Å². The van der Waals surface area contributed by atoms with E-state index < -0.39 is 17.3 Å². The lowest BCUT2D eigenvalue weighted by atomic mass is 10.2. The summed E-state index contributed by atoms with van der Waals surface area (Å²) in [4.78, 5) is 26.3. The number of thiophene rings is 1. The van der Waals surface area contributed by atoms with E-state index in [2.05, 4.69) is 25.0 Å². The third kappa shape index (κ3) is 4.77. The molecule has 3 heterocycles. The van der Waals surface area contributed by atoms with Crippen molar-refractivity contribution in [3.8, 4) is 0 Å². The second-order valence-corrected chi connectivity index (χ2v) is 8.16. The average molecular weight is 409 g/mol. The fourth-order valence-electron chi connectivity index (χ4n) is 2.17. The standard InChI is InChI=1S/C15H15N5O3S3/c1-9-16-5-10(25-9)6-19-15(21)12-8-17-11(7-18-12)14(20-26(22)23)13-3-2-4-24-13/h2-5,7-8,14,20H,6H2,1H3,(H,19,21)(H,22,23)/p-1. The van der Waals surface area contributed by atoms with Crippen molar-refractivity contribution in [2.75, 3.05) is 0 Å². The second kappa shape index (κ2) is 8.56. The van der Waals surface area contributed by atoms with E-state index in [0.717, 1.165) is 14.8 Å². The largest absolute Gasteiger partial charge is 0.760 e. The van der Waals surface area contributed by atoms with E-state index in [1.165, 1.54) is 35.1 Å². The summed E-state index contributed by atoms with van der Waals surface area (Å²) in [5.41, 5.74) is 0.564. The quantitative estimate of drug-likeness (QED) is 0.574. The van der Waals surface area contributed by atoms with Crippen molar-refractivity contribution in [3.63, 3.8) is 0 Å². The fourth-order valence-corrected chi connectivity index (χ4v) is 4.20. The van der Waals surface area contributed by atoms with E-state index in [-0.39, 0.29) is 11.6 Å². The molecule has 2 N–H and O–H groups in total. The van der Waals surface area contributed by atoms with Crippen molar-refractivity contribution in [3.05, 3.63) is 62.3 Å². The molecule has 0 aliphatic heterocycles. The first-order valence-electron chi connectivity index (χ1n) is 7.43. The molecule has 3 aromatic rings. The summed E-state index contributed by atoms with van der Waals surface area (Å²) in [6, 6.07) is 2.98. The highest BCUT2D eigenvalue weighted by molar-refractivity contribution is 7.77. The molecule has 8 nitrogen and oxygen atoms in total. The highest BCUT2D eigenvalue weighted by atomic mass is 32.2. The Hall–Kier alpha value is -2.05. The van der Waals surface area contributed by atoms with Gasteiger partial charge >= 0.3 is 0 Å². The molecule has 0 aromatic carbocycles. The summed E-state index contributed by atoms with van der Waals surface area (Å²) in [5.74, 6) is -0.358. The van der Waals surface area contributed by atoms with Crippen LogP contribution in [-0.4, -0.2) is 29.6 Å². The van der Waals surface area contributed by atoms with Gasteiger partial charge in [-0.2, -0.15) is 0 Å². The number of amides is 1. The van der Waals surface area contributed by atoms with Crippen LogP contribution < -0.4 is 10.0 Å². The maximum atomic E-state index is 12.2. The Kier molecular flexibility index (Phi) is 6.16. The molecule has 0 spiro atoms. The van der Waals surface area contributed by atoms with Crippen LogP contribution in [0.3, 0.4) is 0 Å². The van der Waals surface area contributed by atoms with Gasteiger partial charge in [0.2, 0.25) is 0 Å². The van der Waals surface area contributed by atoms with Gasteiger partial charge in [-0.15, -0.1) is 22.7 Å². The van der Waals surface area contributed by atoms with Gasteiger partial charge in [0.25, 0.3) is 5.91 Å². The van der Waals surface area contributed by atoms with Crippen LogP contribution in [0.2, 0.25) is 0 Å².